The van der Waals surface area contributed by atoms with Gasteiger partial charge in [0.05, 0.1) is 21.4 Å². The monoisotopic (exact) mass is 382 g/mol. The van der Waals surface area contributed by atoms with Gasteiger partial charge in [0.25, 0.3) is 10.0 Å². The topological polar surface area (TPSA) is 76.9 Å². The lowest BCUT2D eigenvalue weighted by Gasteiger charge is -2.09. The van der Waals surface area contributed by atoms with Crippen LogP contribution in [-0.4, -0.2) is 23.0 Å². The summed E-state index contributed by atoms with van der Waals surface area (Å²) < 4.78 is 28.9. The first-order chi connectivity index (χ1) is 11.3. The Morgan fingerprint density at radius 3 is 2.46 bits per heavy atom. The van der Waals surface area contributed by atoms with Crippen LogP contribution in [0.3, 0.4) is 0 Å². The molecule has 124 valence electrons. The molecule has 0 spiro atoms. The van der Waals surface area contributed by atoms with Crippen molar-refractivity contribution in [3.63, 3.8) is 0 Å². The summed E-state index contributed by atoms with van der Waals surface area (Å²) in [4.78, 5) is 8.30. The maximum atomic E-state index is 12.4. The van der Waals surface area contributed by atoms with E-state index in [1.54, 1.807) is 23.2 Å². The van der Waals surface area contributed by atoms with Crippen molar-refractivity contribution in [3.8, 4) is 5.82 Å². The molecule has 0 radical (unpaired) electrons. The molecule has 0 atom stereocenters. The third-order valence-corrected chi connectivity index (χ3v) is 5.28. The van der Waals surface area contributed by atoms with E-state index in [-0.39, 0.29) is 9.92 Å². The van der Waals surface area contributed by atoms with Crippen molar-refractivity contribution in [1.82, 2.24) is 14.5 Å². The zero-order valence-corrected chi connectivity index (χ0v) is 14.8. The van der Waals surface area contributed by atoms with Crippen molar-refractivity contribution in [3.05, 3.63) is 64.8 Å². The smallest absolute Gasteiger partial charge is 0.263 e. The summed E-state index contributed by atoms with van der Waals surface area (Å²) in [5.74, 6) is 0.573. The molecule has 1 N–H and O–H groups in total. The van der Waals surface area contributed by atoms with Crippen molar-refractivity contribution in [2.45, 2.75) is 11.8 Å². The van der Waals surface area contributed by atoms with Crippen molar-refractivity contribution in [2.75, 3.05) is 4.72 Å². The zero-order chi connectivity index (χ0) is 17.3. The minimum absolute atomic E-state index is 0.0363. The number of halogens is 2. The van der Waals surface area contributed by atoms with Gasteiger partial charge >= 0.3 is 0 Å². The predicted octanol–water partition coefficient (Wildman–Crippen LogP) is 3.68. The fourth-order valence-electron chi connectivity index (χ4n) is 2.00. The molecule has 0 saturated carbocycles. The van der Waals surface area contributed by atoms with E-state index in [1.807, 2.05) is 6.92 Å². The number of imidazole rings is 1. The maximum Gasteiger partial charge on any atom is 0.263 e. The first-order valence-electron chi connectivity index (χ1n) is 6.80. The minimum atomic E-state index is -3.78. The van der Waals surface area contributed by atoms with Crippen LogP contribution in [0.1, 0.15) is 5.69 Å². The average molecular weight is 383 g/mol. The molecule has 0 aliphatic heterocycles. The lowest BCUT2D eigenvalue weighted by atomic mass is 10.3. The number of benzene rings is 1. The minimum Gasteiger partial charge on any atom is -0.290 e. The highest BCUT2D eigenvalue weighted by molar-refractivity contribution is 7.92. The summed E-state index contributed by atoms with van der Waals surface area (Å²) >= 11 is 11.7. The molecular formula is C15H12Cl2N4O2S. The highest BCUT2D eigenvalue weighted by Crippen LogP contribution is 2.26. The summed E-state index contributed by atoms with van der Waals surface area (Å²) in [6.45, 7) is 1.86. The third-order valence-electron chi connectivity index (χ3n) is 3.18. The van der Waals surface area contributed by atoms with Gasteiger partial charge in [-0.25, -0.2) is 18.4 Å². The standard InChI is InChI=1S/C15H12Cl2N4O2S/c1-10-8-21(9-19-10)15-5-3-12(7-18-15)24(22,23)20-11-2-4-13(16)14(17)6-11/h2-9,20H,1H3. The van der Waals surface area contributed by atoms with Gasteiger partial charge < -0.3 is 0 Å². The Bertz CT molecular complexity index is 985. The van der Waals surface area contributed by atoms with E-state index in [2.05, 4.69) is 14.7 Å². The van der Waals surface area contributed by atoms with Crippen molar-refractivity contribution < 1.29 is 8.42 Å². The fourth-order valence-corrected chi connectivity index (χ4v) is 3.30. The Balaban J connectivity index is 1.85. The van der Waals surface area contributed by atoms with Gasteiger partial charge in [-0.05, 0) is 37.3 Å². The zero-order valence-electron chi connectivity index (χ0n) is 12.4. The summed E-state index contributed by atoms with van der Waals surface area (Å²) in [5.41, 5.74) is 1.16. The number of hydrogen-bond donors (Lipinski definition) is 1. The summed E-state index contributed by atoms with van der Waals surface area (Å²) in [6.07, 6.45) is 4.69. The Kier molecular flexibility index (Phi) is 4.49. The molecule has 0 fully saturated rings. The van der Waals surface area contributed by atoms with Gasteiger partial charge in [-0.2, -0.15) is 0 Å². The first kappa shape index (κ1) is 16.8. The molecule has 0 amide bonds. The lowest BCUT2D eigenvalue weighted by molar-refractivity contribution is 0.601. The predicted molar refractivity (Wildman–Crippen MR) is 93.4 cm³/mol. The second-order valence-electron chi connectivity index (χ2n) is 5.01. The van der Waals surface area contributed by atoms with E-state index >= 15 is 0 Å². The van der Waals surface area contributed by atoms with Gasteiger partial charge in [-0.3, -0.25) is 9.29 Å². The van der Waals surface area contributed by atoms with E-state index in [0.717, 1.165) is 5.69 Å². The van der Waals surface area contributed by atoms with Gasteiger partial charge in [0.15, 0.2) is 0 Å². The van der Waals surface area contributed by atoms with Crippen LogP contribution >= 0.6 is 23.2 Å². The molecule has 2 heterocycles. The molecule has 0 aliphatic carbocycles. The molecule has 0 aliphatic rings. The van der Waals surface area contributed by atoms with E-state index in [1.165, 1.54) is 30.5 Å². The summed E-state index contributed by atoms with van der Waals surface area (Å²) in [5, 5.41) is 0.613. The van der Waals surface area contributed by atoms with Gasteiger partial charge in [-0.15, -0.1) is 0 Å². The lowest BCUT2D eigenvalue weighted by Crippen LogP contribution is -2.13. The van der Waals surface area contributed by atoms with Gasteiger partial charge in [-0.1, -0.05) is 23.2 Å². The second-order valence-corrected chi connectivity index (χ2v) is 7.51. The number of anilines is 1. The van der Waals surface area contributed by atoms with E-state index < -0.39 is 10.0 Å². The second kappa shape index (κ2) is 6.43. The Morgan fingerprint density at radius 2 is 1.88 bits per heavy atom. The van der Waals surface area contributed by atoms with Gasteiger partial charge in [0, 0.05) is 12.4 Å². The Hall–Kier alpha value is -2.09. The first-order valence-corrected chi connectivity index (χ1v) is 9.04. The highest BCUT2D eigenvalue weighted by Gasteiger charge is 2.15. The van der Waals surface area contributed by atoms with Crippen molar-refractivity contribution in [2.24, 2.45) is 0 Å². The van der Waals surface area contributed by atoms with E-state index in [0.29, 0.717) is 16.5 Å². The van der Waals surface area contributed by atoms with Crippen LogP contribution in [0.15, 0.2) is 53.9 Å². The number of aromatic nitrogens is 3. The molecule has 2 aromatic heterocycles. The van der Waals surface area contributed by atoms with Gasteiger partial charge in [0.1, 0.15) is 17.0 Å². The number of nitrogens with one attached hydrogen (secondary N) is 1. The van der Waals surface area contributed by atoms with Crippen LogP contribution in [-0.2, 0) is 10.0 Å². The van der Waals surface area contributed by atoms with Crippen LogP contribution in [0, 0.1) is 6.92 Å². The Labute approximate surface area is 149 Å². The number of nitrogens with zero attached hydrogens (tertiary/aromatic N) is 3. The molecule has 0 saturated heterocycles. The molecule has 1 aromatic carbocycles. The highest BCUT2D eigenvalue weighted by atomic mass is 35.5. The molecule has 24 heavy (non-hydrogen) atoms. The average Bonchev–Trinajstić information content (AvgIpc) is 2.97. The molecular weight excluding hydrogens is 371 g/mol. The number of hydrogen-bond acceptors (Lipinski definition) is 4. The quantitative estimate of drug-likeness (QED) is 0.746. The number of aryl methyl sites for hydroxylation is 1. The number of sulfonamides is 1. The van der Waals surface area contributed by atoms with Crippen molar-refractivity contribution in [1.29, 1.82) is 0 Å². The normalized spacial score (nSPS) is 11.5. The molecule has 0 bridgehead atoms. The van der Waals surface area contributed by atoms with Crippen LogP contribution in [0.2, 0.25) is 10.0 Å². The number of pyridine rings is 1. The van der Waals surface area contributed by atoms with Crippen molar-refractivity contribution >= 4 is 38.9 Å². The van der Waals surface area contributed by atoms with Crippen LogP contribution in [0.5, 0.6) is 0 Å². The molecule has 3 rings (SSSR count). The summed E-state index contributed by atoms with van der Waals surface area (Å²) in [6, 6.07) is 7.56. The molecule has 3 aromatic rings. The molecule has 0 unspecified atom stereocenters. The Morgan fingerprint density at radius 1 is 1.08 bits per heavy atom. The van der Waals surface area contributed by atoms with E-state index in [9.17, 15) is 8.42 Å². The van der Waals surface area contributed by atoms with Crippen LogP contribution in [0.4, 0.5) is 5.69 Å². The van der Waals surface area contributed by atoms with Crippen LogP contribution in [0.25, 0.3) is 5.82 Å². The molecule has 9 heteroatoms. The van der Waals surface area contributed by atoms with Crippen LogP contribution < -0.4 is 4.72 Å². The maximum absolute atomic E-state index is 12.4. The van der Waals surface area contributed by atoms with E-state index in [4.69, 9.17) is 23.2 Å². The summed E-state index contributed by atoms with van der Waals surface area (Å²) in [7, 11) is -3.78. The van der Waals surface area contributed by atoms with Gasteiger partial charge in [0.2, 0.25) is 0 Å². The number of rotatable bonds is 4. The largest absolute Gasteiger partial charge is 0.290 e. The molecule has 6 nitrogen and oxygen atoms in total. The third kappa shape index (κ3) is 3.53. The fraction of sp³-hybridized carbons (Fsp3) is 0.0667. The SMILES string of the molecule is Cc1cn(-c2ccc(S(=O)(=O)Nc3ccc(Cl)c(Cl)c3)cn2)cn1.